The minimum absolute atomic E-state index is 0.200. The molecule has 94 valence electrons. The van der Waals surface area contributed by atoms with Gasteiger partial charge in [-0.15, -0.1) is 0 Å². The summed E-state index contributed by atoms with van der Waals surface area (Å²) < 4.78 is 42.3. The van der Waals surface area contributed by atoms with Gasteiger partial charge in [0.25, 0.3) is 0 Å². The van der Waals surface area contributed by atoms with Crippen LogP contribution in [0.2, 0.25) is 0 Å². The minimum Gasteiger partial charge on any atom is -0.465 e. The van der Waals surface area contributed by atoms with Crippen molar-refractivity contribution < 1.29 is 27.5 Å². The van der Waals surface area contributed by atoms with Crippen LogP contribution in [-0.4, -0.2) is 19.4 Å². The van der Waals surface area contributed by atoms with Crippen LogP contribution in [0.3, 0.4) is 0 Å². The molecule has 4 nitrogen and oxygen atoms in total. The molecule has 0 aliphatic carbocycles. The second kappa shape index (κ2) is 4.87. The fourth-order valence-electron chi connectivity index (χ4n) is 1.32. The van der Waals surface area contributed by atoms with E-state index in [2.05, 4.69) is 4.74 Å². The number of alkyl halides is 3. The molecule has 0 aliphatic rings. The van der Waals surface area contributed by atoms with Crippen LogP contribution < -0.4 is 0 Å². The van der Waals surface area contributed by atoms with Crippen molar-refractivity contribution >= 4 is 12.3 Å². The summed E-state index contributed by atoms with van der Waals surface area (Å²) in [6, 6.07) is 2.61. The van der Waals surface area contributed by atoms with E-state index in [0.29, 0.717) is 12.1 Å². The summed E-state index contributed by atoms with van der Waals surface area (Å²) >= 11 is 0. The third-order valence-corrected chi connectivity index (χ3v) is 2.15. The van der Waals surface area contributed by atoms with Crippen LogP contribution in [-0.2, 0) is 10.9 Å². The van der Waals surface area contributed by atoms with Crippen molar-refractivity contribution in [2.45, 2.75) is 6.18 Å². The highest BCUT2D eigenvalue weighted by Crippen LogP contribution is 2.33. The third kappa shape index (κ3) is 2.48. The number of nitrogens with zero attached hydrogens (tertiary/aromatic N) is 1. The van der Waals surface area contributed by atoms with E-state index < -0.39 is 28.8 Å². The average molecular weight is 257 g/mol. The first kappa shape index (κ1) is 13.7. The molecule has 0 N–H and O–H groups in total. The molecule has 7 heteroatoms. The van der Waals surface area contributed by atoms with Gasteiger partial charge in [0.05, 0.1) is 29.9 Å². The van der Waals surface area contributed by atoms with Crippen molar-refractivity contribution in [2.75, 3.05) is 7.11 Å². The summed E-state index contributed by atoms with van der Waals surface area (Å²) in [5.41, 5.74) is -2.86. The topological polar surface area (TPSA) is 67.2 Å². The van der Waals surface area contributed by atoms with Crippen LogP contribution >= 0.6 is 0 Å². The molecule has 0 spiro atoms. The second-order valence-electron chi connectivity index (χ2n) is 3.20. The monoisotopic (exact) mass is 257 g/mol. The first-order valence-corrected chi connectivity index (χ1v) is 4.54. The number of methoxy groups -OCH3 is 1. The summed E-state index contributed by atoms with van der Waals surface area (Å²) in [5, 5.41) is 8.63. The Hall–Kier alpha value is -2.36. The summed E-state index contributed by atoms with van der Waals surface area (Å²) in [5.74, 6) is -1.23. The number of rotatable bonds is 2. The molecule has 0 bridgehead atoms. The Balaban J connectivity index is 3.63. The van der Waals surface area contributed by atoms with Gasteiger partial charge in [-0.2, -0.15) is 18.4 Å². The first-order valence-electron chi connectivity index (χ1n) is 4.54. The molecular formula is C11H6F3NO3. The summed E-state index contributed by atoms with van der Waals surface area (Å²) in [4.78, 5) is 21.9. The molecule has 0 aromatic heterocycles. The predicted octanol–water partition coefficient (Wildman–Crippen LogP) is 2.18. The van der Waals surface area contributed by atoms with Gasteiger partial charge in [-0.3, -0.25) is 4.79 Å². The Morgan fingerprint density at radius 3 is 2.44 bits per heavy atom. The van der Waals surface area contributed by atoms with Crippen molar-refractivity contribution in [3.05, 3.63) is 34.4 Å². The Labute approximate surface area is 99.6 Å². The van der Waals surface area contributed by atoms with Gasteiger partial charge in [-0.05, 0) is 12.1 Å². The second-order valence-corrected chi connectivity index (χ2v) is 3.20. The van der Waals surface area contributed by atoms with Gasteiger partial charge in [-0.1, -0.05) is 0 Å². The SMILES string of the molecule is COC(=O)c1cc(C=O)c(C#N)cc1C(F)(F)F. The fourth-order valence-corrected chi connectivity index (χ4v) is 1.32. The van der Waals surface area contributed by atoms with Crippen LogP contribution in [0.4, 0.5) is 13.2 Å². The van der Waals surface area contributed by atoms with Gasteiger partial charge in [0.15, 0.2) is 6.29 Å². The molecule has 0 radical (unpaired) electrons. The van der Waals surface area contributed by atoms with Crippen molar-refractivity contribution in [1.29, 1.82) is 5.26 Å². The zero-order valence-electron chi connectivity index (χ0n) is 9.04. The zero-order valence-corrected chi connectivity index (χ0v) is 9.04. The minimum atomic E-state index is -4.82. The lowest BCUT2D eigenvalue weighted by Gasteiger charge is -2.12. The van der Waals surface area contributed by atoms with Crippen LogP contribution in [0, 0.1) is 11.3 Å². The van der Waals surface area contributed by atoms with Gasteiger partial charge in [0.2, 0.25) is 0 Å². The predicted molar refractivity (Wildman–Crippen MR) is 52.9 cm³/mol. The number of halogens is 3. The molecular weight excluding hydrogens is 251 g/mol. The molecule has 0 amide bonds. The molecule has 0 heterocycles. The van der Waals surface area contributed by atoms with E-state index in [1.165, 1.54) is 6.07 Å². The molecule has 0 saturated heterocycles. The van der Waals surface area contributed by atoms with Gasteiger partial charge < -0.3 is 4.74 Å². The largest absolute Gasteiger partial charge is 0.465 e. The number of aldehydes is 1. The highest BCUT2D eigenvalue weighted by atomic mass is 19.4. The molecule has 0 atom stereocenters. The normalized spacial score (nSPS) is 10.6. The number of nitriles is 1. The lowest BCUT2D eigenvalue weighted by molar-refractivity contribution is -0.138. The third-order valence-electron chi connectivity index (χ3n) is 2.15. The van der Waals surface area contributed by atoms with Crippen molar-refractivity contribution in [1.82, 2.24) is 0 Å². The summed E-state index contributed by atoms with van der Waals surface area (Å²) in [6.45, 7) is 0. The lowest BCUT2D eigenvalue weighted by atomic mass is 9.99. The number of carbonyl (C=O) groups is 2. The van der Waals surface area contributed by atoms with E-state index in [0.717, 1.165) is 7.11 Å². The number of carbonyl (C=O) groups excluding carboxylic acids is 2. The van der Waals surface area contributed by atoms with E-state index in [9.17, 15) is 22.8 Å². The Bertz CT molecular complexity index is 544. The number of benzene rings is 1. The van der Waals surface area contributed by atoms with E-state index in [1.807, 2.05) is 0 Å². The van der Waals surface area contributed by atoms with Crippen molar-refractivity contribution in [3.63, 3.8) is 0 Å². The highest BCUT2D eigenvalue weighted by molar-refractivity contribution is 5.94. The maximum Gasteiger partial charge on any atom is 0.417 e. The van der Waals surface area contributed by atoms with Gasteiger partial charge in [0.1, 0.15) is 0 Å². The Kier molecular flexibility index (Phi) is 3.71. The van der Waals surface area contributed by atoms with Gasteiger partial charge in [0, 0.05) is 5.56 Å². The summed E-state index contributed by atoms with van der Waals surface area (Å²) in [6.07, 6.45) is -4.62. The van der Waals surface area contributed by atoms with Crippen LogP contribution in [0.1, 0.15) is 31.8 Å². The van der Waals surface area contributed by atoms with Crippen molar-refractivity contribution in [2.24, 2.45) is 0 Å². The lowest BCUT2D eigenvalue weighted by Crippen LogP contribution is -2.15. The van der Waals surface area contributed by atoms with E-state index in [-0.39, 0.29) is 11.8 Å². The maximum atomic E-state index is 12.7. The van der Waals surface area contributed by atoms with Crippen LogP contribution in [0.15, 0.2) is 12.1 Å². The Morgan fingerprint density at radius 2 is 2.06 bits per heavy atom. The molecule has 0 aliphatic heterocycles. The number of esters is 1. The molecule has 18 heavy (non-hydrogen) atoms. The van der Waals surface area contributed by atoms with E-state index in [1.54, 1.807) is 0 Å². The maximum absolute atomic E-state index is 12.7. The van der Waals surface area contributed by atoms with E-state index in [4.69, 9.17) is 5.26 Å². The highest BCUT2D eigenvalue weighted by Gasteiger charge is 2.36. The first-order chi connectivity index (χ1) is 8.35. The number of ether oxygens (including phenoxy) is 1. The molecule has 1 aromatic carbocycles. The van der Waals surface area contributed by atoms with Crippen LogP contribution in [0.25, 0.3) is 0 Å². The molecule has 1 rings (SSSR count). The molecule has 0 fully saturated rings. The van der Waals surface area contributed by atoms with Gasteiger partial charge in [-0.25, -0.2) is 4.79 Å². The number of hydrogen-bond acceptors (Lipinski definition) is 4. The smallest absolute Gasteiger partial charge is 0.417 e. The zero-order chi connectivity index (χ0) is 13.9. The molecule has 0 unspecified atom stereocenters. The molecule has 0 saturated carbocycles. The molecule has 1 aromatic rings. The van der Waals surface area contributed by atoms with Crippen molar-refractivity contribution in [3.8, 4) is 6.07 Å². The average Bonchev–Trinajstić information content (AvgIpc) is 2.34. The standard InChI is InChI=1S/C11H6F3NO3/c1-18-10(17)8-2-7(5-16)6(4-15)3-9(8)11(12,13)14/h2-3,5H,1H3. The number of hydrogen-bond donors (Lipinski definition) is 0. The van der Waals surface area contributed by atoms with E-state index >= 15 is 0 Å². The van der Waals surface area contributed by atoms with Crippen LogP contribution in [0.5, 0.6) is 0 Å². The van der Waals surface area contributed by atoms with Gasteiger partial charge >= 0.3 is 12.1 Å². The quantitative estimate of drug-likeness (QED) is 0.601. The fraction of sp³-hybridized carbons (Fsp3) is 0.182. The summed E-state index contributed by atoms with van der Waals surface area (Å²) in [7, 11) is 0.918. The Morgan fingerprint density at radius 1 is 1.44 bits per heavy atom.